The predicted octanol–water partition coefficient (Wildman–Crippen LogP) is 0.0445. The number of hydrogen-bond donors (Lipinski definition) is 1. The summed E-state index contributed by atoms with van der Waals surface area (Å²) in [5.74, 6) is -0.330. The number of nitrogens with one attached hydrogen (secondary N) is 1. The van der Waals surface area contributed by atoms with E-state index in [0.717, 1.165) is 32.6 Å². The Morgan fingerprint density at radius 3 is 2.64 bits per heavy atom. The molecule has 2 fully saturated rings. The van der Waals surface area contributed by atoms with E-state index < -0.39 is 0 Å². The van der Waals surface area contributed by atoms with E-state index >= 15 is 0 Å². The van der Waals surface area contributed by atoms with Gasteiger partial charge in [0.2, 0.25) is 0 Å². The van der Waals surface area contributed by atoms with Crippen molar-refractivity contribution in [2.75, 3.05) is 26.4 Å². The van der Waals surface area contributed by atoms with Crippen molar-refractivity contribution < 1.29 is 14.3 Å². The molecule has 64 valence electrons. The summed E-state index contributed by atoms with van der Waals surface area (Å²) in [5, 5.41) is 0. The normalized spacial score (nSPS) is 30.5. The van der Waals surface area contributed by atoms with Crippen molar-refractivity contribution in [1.82, 2.24) is 5.48 Å². The molecule has 0 aromatic heterocycles. The van der Waals surface area contributed by atoms with Crippen molar-refractivity contribution in [1.29, 1.82) is 0 Å². The van der Waals surface area contributed by atoms with Gasteiger partial charge in [0.25, 0.3) is 0 Å². The largest absolute Gasteiger partial charge is 0.347 e. The highest BCUT2D eigenvalue weighted by Crippen LogP contribution is 2.27. The van der Waals surface area contributed by atoms with E-state index in [1.165, 1.54) is 0 Å². The first-order chi connectivity index (χ1) is 5.41. The topological polar surface area (TPSA) is 39.7 Å². The van der Waals surface area contributed by atoms with Crippen LogP contribution in [0.3, 0.4) is 0 Å². The maximum Gasteiger partial charge on any atom is 0.172 e. The van der Waals surface area contributed by atoms with Crippen molar-refractivity contribution in [3.63, 3.8) is 0 Å². The molecule has 0 bridgehead atoms. The van der Waals surface area contributed by atoms with Crippen LogP contribution in [-0.4, -0.2) is 32.2 Å². The molecule has 2 aliphatic heterocycles. The average Bonchev–Trinajstić information content (AvgIpc) is 2.32. The molecule has 2 aliphatic rings. The second-order valence-electron chi connectivity index (χ2n) is 2.85. The van der Waals surface area contributed by atoms with E-state index in [2.05, 4.69) is 5.48 Å². The summed E-state index contributed by atoms with van der Waals surface area (Å²) in [4.78, 5) is 5.07. The van der Waals surface area contributed by atoms with E-state index in [4.69, 9.17) is 14.3 Å². The van der Waals surface area contributed by atoms with Gasteiger partial charge in [-0.1, -0.05) is 0 Å². The van der Waals surface area contributed by atoms with Crippen molar-refractivity contribution in [3.05, 3.63) is 0 Å². The molecule has 2 rings (SSSR count). The lowest BCUT2D eigenvalue weighted by atomic mass is 10.1. The molecular formula is C7H13NO3. The van der Waals surface area contributed by atoms with Gasteiger partial charge < -0.3 is 14.3 Å². The van der Waals surface area contributed by atoms with Crippen LogP contribution in [0.4, 0.5) is 0 Å². The molecule has 0 aromatic rings. The molecule has 0 aromatic carbocycles. The van der Waals surface area contributed by atoms with E-state index in [1.807, 2.05) is 0 Å². The molecule has 2 heterocycles. The summed E-state index contributed by atoms with van der Waals surface area (Å²) in [6.07, 6.45) is 1.72. The first-order valence-electron chi connectivity index (χ1n) is 4.04. The van der Waals surface area contributed by atoms with Crippen molar-refractivity contribution >= 4 is 0 Å². The average molecular weight is 159 g/mol. The standard InChI is InChI=1S/C7H13NO3/c1-3-8-11-4-2-7(1)9-5-6-10-7/h8H,1-6H2. The third-order valence-electron chi connectivity index (χ3n) is 2.11. The van der Waals surface area contributed by atoms with Crippen LogP contribution in [0.5, 0.6) is 0 Å². The zero-order valence-corrected chi connectivity index (χ0v) is 6.47. The molecule has 2 saturated heterocycles. The Balaban J connectivity index is 1.97. The van der Waals surface area contributed by atoms with Crippen molar-refractivity contribution in [2.45, 2.75) is 18.6 Å². The van der Waals surface area contributed by atoms with Gasteiger partial charge in [0.1, 0.15) is 0 Å². The van der Waals surface area contributed by atoms with Gasteiger partial charge in [-0.05, 0) is 0 Å². The predicted molar refractivity (Wildman–Crippen MR) is 37.8 cm³/mol. The van der Waals surface area contributed by atoms with E-state index in [-0.39, 0.29) is 5.79 Å². The molecule has 4 heteroatoms. The van der Waals surface area contributed by atoms with E-state index in [1.54, 1.807) is 0 Å². The SMILES string of the molecule is C1CC2(CCON1)OCCO2. The Labute approximate surface area is 65.8 Å². The third-order valence-corrected chi connectivity index (χ3v) is 2.11. The lowest BCUT2D eigenvalue weighted by Crippen LogP contribution is -2.31. The summed E-state index contributed by atoms with van der Waals surface area (Å²) in [6, 6.07) is 0. The smallest absolute Gasteiger partial charge is 0.172 e. The van der Waals surface area contributed by atoms with Gasteiger partial charge in [-0.2, -0.15) is 0 Å². The number of rotatable bonds is 0. The van der Waals surface area contributed by atoms with Crippen LogP contribution < -0.4 is 5.48 Å². The zero-order valence-electron chi connectivity index (χ0n) is 6.47. The Morgan fingerprint density at radius 1 is 1.00 bits per heavy atom. The third kappa shape index (κ3) is 1.54. The lowest BCUT2D eigenvalue weighted by Gasteiger charge is -2.23. The van der Waals surface area contributed by atoms with Gasteiger partial charge in [0, 0.05) is 19.4 Å². The van der Waals surface area contributed by atoms with Crippen LogP contribution in [0.1, 0.15) is 12.8 Å². The fraction of sp³-hybridized carbons (Fsp3) is 1.00. The highest BCUT2D eigenvalue weighted by atomic mass is 16.7. The zero-order chi connectivity index (χ0) is 7.57. The van der Waals surface area contributed by atoms with Crippen LogP contribution in [0.2, 0.25) is 0 Å². The van der Waals surface area contributed by atoms with Crippen LogP contribution >= 0.6 is 0 Å². The fourth-order valence-corrected chi connectivity index (χ4v) is 1.50. The molecule has 1 spiro atoms. The highest BCUT2D eigenvalue weighted by molar-refractivity contribution is 4.75. The molecule has 0 amide bonds. The minimum Gasteiger partial charge on any atom is -0.347 e. The molecule has 0 aliphatic carbocycles. The first-order valence-corrected chi connectivity index (χ1v) is 4.04. The maximum atomic E-state index is 5.52. The first kappa shape index (κ1) is 7.49. The molecule has 0 radical (unpaired) electrons. The van der Waals surface area contributed by atoms with Gasteiger partial charge in [0.15, 0.2) is 5.79 Å². The summed E-state index contributed by atoms with van der Waals surface area (Å²) in [5.41, 5.74) is 2.84. The van der Waals surface area contributed by atoms with Gasteiger partial charge in [0.05, 0.1) is 19.8 Å². The van der Waals surface area contributed by atoms with Crippen molar-refractivity contribution in [3.8, 4) is 0 Å². The fourth-order valence-electron chi connectivity index (χ4n) is 1.50. The van der Waals surface area contributed by atoms with Crippen LogP contribution in [0.15, 0.2) is 0 Å². The van der Waals surface area contributed by atoms with E-state index in [0.29, 0.717) is 6.61 Å². The Hall–Kier alpha value is -0.160. The van der Waals surface area contributed by atoms with Gasteiger partial charge in [-0.25, -0.2) is 5.48 Å². The Bertz CT molecular complexity index is 124. The lowest BCUT2D eigenvalue weighted by molar-refractivity contribution is -0.164. The molecular weight excluding hydrogens is 146 g/mol. The molecule has 11 heavy (non-hydrogen) atoms. The monoisotopic (exact) mass is 159 g/mol. The number of ether oxygens (including phenoxy) is 2. The minimum atomic E-state index is -0.330. The Morgan fingerprint density at radius 2 is 1.82 bits per heavy atom. The van der Waals surface area contributed by atoms with Crippen LogP contribution in [-0.2, 0) is 14.3 Å². The maximum absolute atomic E-state index is 5.52. The Kier molecular flexibility index (Phi) is 2.09. The summed E-state index contributed by atoms with van der Waals surface area (Å²) < 4.78 is 11.0. The number of hydroxylamine groups is 1. The van der Waals surface area contributed by atoms with Gasteiger partial charge >= 0.3 is 0 Å². The van der Waals surface area contributed by atoms with Crippen LogP contribution in [0.25, 0.3) is 0 Å². The number of hydrogen-bond acceptors (Lipinski definition) is 4. The molecule has 0 atom stereocenters. The molecule has 0 unspecified atom stereocenters. The van der Waals surface area contributed by atoms with Crippen LogP contribution in [0, 0.1) is 0 Å². The highest BCUT2D eigenvalue weighted by Gasteiger charge is 2.36. The summed E-state index contributed by atoms with van der Waals surface area (Å²) >= 11 is 0. The van der Waals surface area contributed by atoms with Crippen molar-refractivity contribution in [2.24, 2.45) is 0 Å². The van der Waals surface area contributed by atoms with Gasteiger partial charge in [-0.3, -0.25) is 0 Å². The summed E-state index contributed by atoms with van der Waals surface area (Å²) in [7, 11) is 0. The molecule has 1 N–H and O–H groups in total. The quantitative estimate of drug-likeness (QED) is 0.542. The van der Waals surface area contributed by atoms with E-state index in [9.17, 15) is 0 Å². The molecule has 4 nitrogen and oxygen atoms in total. The molecule has 0 saturated carbocycles. The summed E-state index contributed by atoms with van der Waals surface area (Å²) in [6.45, 7) is 2.92. The second kappa shape index (κ2) is 3.06. The van der Waals surface area contributed by atoms with Gasteiger partial charge in [-0.15, -0.1) is 0 Å². The minimum absolute atomic E-state index is 0.330. The second-order valence-corrected chi connectivity index (χ2v) is 2.85.